The van der Waals surface area contributed by atoms with Crippen molar-refractivity contribution in [2.24, 2.45) is 0 Å². The number of carbonyl (C=O) groups excluding carboxylic acids is 1. The van der Waals surface area contributed by atoms with E-state index in [1.807, 2.05) is 25.1 Å². The Balaban J connectivity index is 1.95. The molecule has 1 amide bonds. The zero-order valence-corrected chi connectivity index (χ0v) is 12.4. The third-order valence-electron chi connectivity index (χ3n) is 3.10. The third-order valence-corrected chi connectivity index (χ3v) is 3.33. The normalized spacial score (nSPS) is 10.5. The van der Waals surface area contributed by atoms with Crippen LogP contribution in [0.15, 0.2) is 42.5 Å². The quantitative estimate of drug-likeness (QED) is 0.778. The number of hydrogen-bond donors (Lipinski definition) is 2. The van der Waals surface area contributed by atoms with E-state index in [2.05, 4.69) is 25.9 Å². The summed E-state index contributed by atoms with van der Waals surface area (Å²) in [4.78, 5) is 12.4. The molecule has 0 saturated heterocycles. The van der Waals surface area contributed by atoms with Gasteiger partial charge in [0, 0.05) is 16.1 Å². The number of nitrogens with one attached hydrogen (secondary N) is 2. The number of anilines is 1. The number of nitrogens with zero attached hydrogens (tertiary/aromatic N) is 3. The van der Waals surface area contributed by atoms with Crippen LogP contribution in [0, 0.1) is 6.92 Å². The van der Waals surface area contributed by atoms with Gasteiger partial charge in [0.1, 0.15) is 0 Å². The summed E-state index contributed by atoms with van der Waals surface area (Å²) in [7, 11) is 0. The van der Waals surface area contributed by atoms with Crippen LogP contribution >= 0.6 is 11.6 Å². The van der Waals surface area contributed by atoms with Gasteiger partial charge in [-0.2, -0.15) is 5.21 Å². The second-order valence-electron chi connectivity index (χ2n) is 4.75. The predicted octanol–water partition coefficient (Wildman–Crippen LogP) is 3.08. The Hall–Kier alpha value is -2.73. The number of amides is 1. The van der Waals surface area contributed by atoms with Crippen LogP contribution in [0.2, 0.25) is 5.02 Å². The second-order valence-corrected chi connectivity index (χ2v) is 5.19. The summed E-state index contributed by atoms with van der Waals surface area (Å²) in [6.45, 7) is 1.93. The number of hydrogen-bond acceptors (Lipinski definition) is 4. The van der Waals surface area contributed by atoms with Crippen molar-refractivity contribution < 1.29 is 4.79 Å². The van der Waals surface area contributed by atoms with Crippen LogP contribution in [-0.4, -0.2) is 26.5 Å². The van der Waals surface area contributed by atoms with Gasteiger partial charge >= 0.3 is 0 Å². The Bertz CT molecular complexity index is 817. The zero-order chi connectivity index (χ0) is 15.5. The van der Waals surface area contributed by atoms with E-state index in [4.69, 9.17) is 11.6 Å². The predicted molar refractivity (Wildman–Crippen MR) is 83.8 cm³/mol. The molecule has 0 bridgehead atoms. The first-order valence-corrected chi connectivity index (χ1v) is 6.92. The van der Waals surface area contributed by atoms with Crippen molar-refractivity contribution in [2.45, 2.75) is 6.92 Å². The molecule has 0 atom stereocenters. The van der Waals surface area contributed by atoms with E-state index in [0.717, 1.165) is 5.56 Å². The van der Waals surface area contributed by atoms with Gasteiger partial charge in [-0.05, 0) is 42.5 Å². The van der Waals surface area contributed by atoms with Crippen LogP contribution in [0.4, 0.5) is 5.69 Å². The number of halogens is 1. The molecule has 110 valence electrons. The Kier molecular flexibility index (Phi) is 3.84. The molecule has 6 nitrogen and oxygen atoms in total. The highest BCUT2D eigenvalue weighted by molar-refractivity contribution is 6.31. The number of tetrazole rings is 1. The van der Waals surface area contributed by atoms with E-state index in [1.54, 1.807) is 24.3 Å². The van der Waals surface area contributed by atoms with Crippen LogP contribution in [-0.2, 0) is 0 Å². The lowest BCUT2D eigenvalue weighted by Crippen LogP contribution is -2.13. The minimum absolute atomic E-state index is 0.226. The average Bonchev–Trinajstić information content (AvgIpc) is 3.01. The Morgan fingerprint density at radius 2 is 2.09 bits per heavy atom. The smallest absolute Gasteiger partial charge is 0.255 e. The van der Waals surface area contributed by atoms with Gasteiger partial charge in [-0.25, -0.2) is 0 Å². The lowest BCUT2D eigenvalue weighted by molar-refractivity contribution is 0.102. The molecule has 0 aliphatic heterocycles. The van der Waals surface area contributed by atoms with Crippen LogP contribution in [0.3, 0.4) is 0 Å². The number of rotatable bonds is 3. The number of carbonyl (C=O) groups is 1. The number of aromatic nitrogens is 4. The van der Waals surface area contributed by atoms with Crippen LogP contribution in [0.1, 0.15) is 15.9 Å². The molecule has 0 spiro atoms. The maximum Gasteiger partial charge on any atom is 0.255 e. The van der Waals surface area contributed by atoms with Crippen molar-refractivity contribution in [3.63, 3.8) is 0 Å². The number of benzene rings is 2. The molecule has 7 heteroatoms. The highest BCUT2D eigenvalue weighted by Gasteiger charge is 2.13. The first kappa shape index (κ1) is 14.2. The van der Waals surface area contributed by atoms with E-state index >= 15 is 0 Å². The first-order chi connectivity index (χ1) is 10.6. The SMILES string of the molecule is Cc1cccc(C(=O)Nc2cc(Cl)ccc2-c2nn[nH]n2)c1. The molecule has 0 aliphatic rings. The van der Waals surface area contributed by atoms with Gasteiger partial charge in [-0.15, -0.1) is 10.2 Å². The fraction of sp³-hybridized carbons (Fsp3) is 0.0667. The first-order valence-electron chi connectivity index (χ1n) is 6.55. The zero-order valence-electron chi connectivity index (χ0n) is 11.7. The van der Waals surface area contributed by atoms with E-state index in [9.17, 15) is 4.79 Å². The minimum atomic E-state index is -0.226. The van der Waals surface area contributed by atoms with Crippen molar-refractivity contribution in [1.29, 1.82) is 0 Å². The monoisotopic (exact) mass is 313 g/mol. The fourth-order valence-electron chi connectivity index (χ4n) is 2.07. The molecule has 3 aromatic rings. The van der Waals surface area contributed by atoms with E-state index in [0.29, 0.717) is 27.7 Å². The lowest BCUT2D eigenvalue weighted by atomic mass is 10.1. The summed E-state index contributed by atoms with van der Waals surface area (Å²) in [5.41, 5.74) is 2.75. The molecular formula is C15H12ClN5O. The molecule has 22 heavy (non-hydrogen) atoms. The van der Waals surface area contributed by atoms with Gasteiger partial charge in [0.05, 0.1) is 5.69 Å². The minimum Gasteiger partial charge on any atom is -0.321 e. The maximum atomic E-state index is 12.4. The largest absolute Gasteiger partial charge is 0.321 e. The van der Waals surface area contributed by atoms with Gasteiger partial charge in [0.25, 0.3) is 5.91 Å². The van der Waals surface area contributed by atoms with E-state index in [1.165, 1.54) is 0 Å². The van der Waals surface area contributed by atoms with Crippen LogP contribution in [0.5, 0.6) is 0 Å². The molecule has 2 aromatic carbocycles. The number of aromatic amines is 1. The van der Waals surface area contributed by atoms with Gasteiger partial charge in [0.15, 0.2) is 0 Å². The average molecular weight is 314 g/mol. The molecule has 2 N–H and O–H groups in total. The maximum absolute atomic E-state index is 12.4. The molecule has 3 rings (SSSR count). The fourth-order valence-corrected chi connectivity index (χ4v) is 2.24. The molecule has 1 aromatic heterocycles. The van der Waals surface area contributed by atoms with Gasteiger partial charge in [0.2, 0.25) is 5.82 Å². The van der Waals surface area contributed by atoms with E-state index in [-0.39, 0.29) is 5.91 Å². The number of aryl methyl sites for hydroxylation is 1. The topological polar surface area (TPSA) is 83.6 Å². The number of H-pyrrole nitrogens is 1. The molecule has 0 fully saturated rings. The second kappa shape index (κ2) is 5.95. The summed E-state index contributed by atoms with van der Waals surface area (Å²) in [5.74, 6) is 0.159. The van der Waals surface area contributed by atoms with Gasteiger partial charge < -0.3 is 5.32 Å². The molecule has 0 aliphatic carbocycles. The highest BCUT2D eigenvalue weighted by atomic mass is 35.5. The van der Waals surface area contributed by atoms with Crippen molar-refractivity contribution >= 4 is 23.2 Å². The molecular weight excluding hydrogens is 302 g/mol. The lowest BCUT2D eigenvalue weighted by Gasteiger charge is -2.10. The molecule has 0 saturated carbocycles. The van der Waals surface area contributed by atoms with Crippen molar-refractivity contribution in [3.05, 3.63) is 58.6 Å². The van der Waals surface area contributed by atoms with Crippen molar-refractivity contribution in [1.82, 2.24) is 20.6 Å². The molecule has 0 radical (unpaired) electrons. The molecule has 0 unspecified atom stereocenters. The third kappa shape index (κ3) is 2.96. The molecule has 1 heterocycles. The summed E-state index contributed by atoms with van der Waals surface area (Å²) in [6.07, 6.45) is 0. The van der Waals surface area contributed by atoms with Crippen molar-refractivity contribution in [3.8, 4) is 11.4 Å². The van der Waals surface area contributed by atoms with Gasteiger partial charge in [-0.3, -0.25) is 4.79 Å². The summed E-state index contributed by atoms with van der Waals surface area (Å²) >= 11 is 6.02. The summed E-state index contributed by atoms with van der Waals surface area (Å²) < 4.78 is 0. The van der Waals surface area contributed by atoms with Crippen molar-refractivity contribution in [2.75, 3.05) is 5.32 Å². The van der Waals surface area contributed by atoms with E-state index < -0.39 is 0 Å². The highest BCUT2D eigenvalue weighted by Crippen LogP contribution is 2.28. The van der Waals surface area contributed by atoms with Crippen LogP contribution < -0.4 is 5.32 Å². The Labute approximate surface area is 131 Å². The Morgan fingerprint density at radius 1 is 1.23 bits per heavy atom. The summed E-state index contributed by atoms with van der Waals surface area (Å²) in [5, 5.41) is 17.1. The van der Waals surface area contributed by atoms with Gasteiger partial charge in [-0.1, -0.05) is 29.3 Å². The standard InChI is InChI=1S/C15H12ClN5O/c1-9-3-2-4-10(7-9)15(22)17-13-8-11(16)5-6-12(13)14-18-20-21-19-14/h2-8H,1H3,(H,17,22)(H,18,19,20,21). The van der Waals surface area contributed by atoms with Crippen LogP contribution in [0.25, 0.3) is 11.4 Å². The Morgan fingerprint density at radius 3 is 2.82 bits per heavy atom. The summed E-state index contributed by atoms with van der Waals surface area (Å²) in [6, 6.07) is 12.4.